The minimum atomic E-state index is -0.873. The monoisotopic (exact) mass is 273 g/mol. The van der Waals surface area contributed by atoms with Crippen molar-refractivity contribution in [1.29, 1.82) is 5.26 Å². The highest BCUT2D eigenvalue weighted by molar-refractivity contribution is 5.56. The molecule has 20 heavy (non-hydrogen) atoms. The van der Waals surface area contributed by atoms with Crippen molar-refractivity contribution >= 4 is 11.4 Å². The fraction of sp³-hybridized carbons (Fsp3) is 0. The highest BCUT2D eigenvalue weighted by Gasteiger charge is 2.16. The summed E-state index contributed by atoms with van der Waals surface area (Å²) in [4.78, 5) is 21.9. The summed E-state index contributed by atoms with van der Waals surface area (Å²) in [6.07, 6.45) is 0. The fourth-order valence-corrected chi connectivity index (χ4v) is 1.52. The van der Waals surface area contributed by atoms with Crippen LogP contribution in [0.4, 0.5) is 11.4 Å². The highest BCUT2D eigenvalue weighted by Crippen LogP contribution is 2.20. The van der Waals surface area contributed by atoms with Gasteiger partial charge in [0.25, 0.3) is 11.2 Å². The number of rotatable bonds is 2. The number of anilines is 1. The van der Waals surface area contributed by atoms with E-state index in [1.165, 1.54) is 18.2 Å². The van der Waals surface area contributed by atoms with Gasteiger partial charge in [0.15, 0.2) is 5.75 Å². The van der Waals surface area contributed by atoms with E-state index in [1.54, 1.807) is 6.07 Å². The number of nitrogen functional groups attached to an aromatic ring is 1. The second kappa shape index (κ2) is 4.69. The molecule has 1 aromatic heterocycles. The quantitative estimate of drug-likeness (QED) is 0.590. The Labute approximate surface area is 111 Å². The summed E-state index contributed by atoms with van der Waals surface area (Å²) in [5, 5.41) is 32.6. The van der Waals surface area contributed by atoms with Crippen LogP contribution in [0, 0.1) is 21.4 Å². The van der Waals surface area contributed by atoms with Gasteiger partial charge in [0.2, 0.25) is 5.69 Å². The van der Waals surface area contributed by atoms with Gasteiger partial charge >= 0.3 is 0 Å². The average Bonchev–Trinajstić information content (AvgIpc) is 2.45. The summed E-state index contributed by atoms with van der Waals surface area (Å²) >= 11 is 0. The number of aromatic hydroxyl groups is 1. The van der Waals surface area contributed by atoms with Crippen molar-refractivity contribution in [3.8, 4) is 17.5 Å². The molecule has 0 aliphatic heterocycles. The molecule has 2 rings (SSSR count). The van der Waals surface area contributed by atoms with Crippen LogP contribution in [-0.4, -0.2) is 19.8 Å². The second-order valence-electron chi connectivity index (χ2n) is 3.72. The molecule has 1 heterocycles. The number of nitro benzene ring substituents is 1. The lowest BCUT2D eigenvalue weighted by atomic mass is 10.2. The minimum Gasteiger partial charge on any atom is -0.503 e. The molecular weight excluding hydrogens is 266 g/mol. The molecule has 0 aliphatic carbocycles. The molecule has 0 fully saturated rings. The first-order valence-corrected chi connectivity index (χ1v) is 5.22. The van der Waals surface area contributed by atoms with Gasteiger partial charge in [-0.1, -0.05) is 6.07 Å². The summed E-state index contributed by atoms with van der Waals surface area (Å²) in [5.41, 5.74) is 3.32. The van der Waals surface area contributed by atoms with Gasteiger partial charge < -0.3 is 10.8 Å². The maximum atomic E-state index is 11.9. The Morgan fingerprint density at radius 2 is 2.20 bits per heavy atom. The van der Waals surface area contributed by atoms with E-state index in [0.29, 0.717) is 0 Å². The fourth-order valence-electron chi connectivity index (χ4n) is 1.52. The van der Waals surface area contributed by atoms with Crippen LogP contribution in [0.3, 0.4) is 0 Å². The Morgan fingerprint density at radius 3 is 2.80 bits per heavy atom. The molecule has 3 N–H and O–H groups in total. The molecule has 100 valence electrons. The van der Waals surface area contributed by atoms with Crippen molar-refractivity contribution in [2.45, 2.75) is 0 Å². The third-order valence-corrected chi connectivity index (χ3v) is 2.49. The standard InChI is InChI=1S/C11H7N5O4/c12-5-8-10(17)9(13)11(18)15(14-8)6-2-1-3-7(4-6)16(19)20/h1-4,17H,13H2. The van der Waals surface area contributed by atoms with E-state index in [2.05, 4.69) is 5.10 Å². The van der Waals surface area contributed by atoms with Crippen molar-refractivity contribution in [2.75, 3.05) is 5.73 Å². The zero-order valence-corrected chi connectivity index (χ0v) is 9.85. The zero-order chi connectivity index (χ0) is 14.9. The molecule has 0 atom stereocenters. The predicted octanol–water partition coefficient (Wildman–Crippen LogP) is 0.300. The van der Waals surface area contributed by atoms with Gasteiger partial charge in [-0.05, 0) is 6.07 Å². The first-order valence-electron chi connectivity index (χ1n) is 5.22. The molecule has 0 aliphatic rings. The van der Waals surface area contributed by atoms with Crippen LogP contribution in [-0.2, 0) is 0 Å². The number of nitriles is 1. The Hall–Kier alpha value is -3.41. The molecule has 0 saturated carbocycles. The van der Waals surface area contributed by atoms with Crippen molar-refractivity contribution in [2.24, 2.45) is 0 Å². The minimum absolute atomic E-state index is 0.0624. The van der Waals surface area contributed by atoms with Gasteiger partial charge in [-0.25, -0.2) is 0 Å². The summed E-state index contributed by atoms with van der Waals surface area (Å²) in [7, 11) is 0. The molecule has 1 aromatic carbocycles. The summed E-state index contributed by atoms with van der Waals surface area (Å²) in [6, 6.07) is 6.66. The lowest BCUT2D eigenvalue weighted by Gasteiger charge is -2.07. The van der Waals surface area contributed by atoms with E-state index < -0.39 is 27.6 Å². The van der Waals surface area contributed by atoms with Crippen LogP contribution in [0.15, 0.2) is 29.1 Å². The molecule has 0 unspecified atom stereocenters. The third-order valence-electron chi connectivity index (χ3n) is 2.49. The summed E-state index contributed by atoms with van der Waals surface area (Å²) < 4.78 is 0.723. The van der Waals surface area contributed by atoms with Crippen LogP contribution >= 0.6 is 0 Å². The van der Waals surface area contributed by atoms with Gasteiger partial charge in [-0.3, -0.25) is 14.9 Å². The molecule has 0 saturated heterocycles. The molecular formula is C11H7N5O4. The first kappa shape index (κ1) is 13.0. The van der Waals surface area contributed by atoms with Crippen molar-refractivity contribution in [3.63, 3.8) is 0 Å². The number of non-ortho nitro benzene ring substituents is 1. The van der Waals surface area contributed by atoms with E-state index in [9.17, 15) is 20.0 Å². The van der Waals surface area contributed by atoms with E-state index >= 15 is 0 Å². The van der Waals surface area contributed by atoms with Gasteiger partial charge in [0.05, 0.1) is 10.6 Å². The average molecular weight is 273 g/mol. The Balaban J connectivity index is 2.74. The lowest BCUT2D eigenvalue weighted by Crippen LogP contribution is -2.25. The summed E-state index contributed by atoms with van der Waals surface area (Å²) in [5.74, 6) is -0.709. The number of benzene rings is 1. The largest absolute Gasteiger partial charge is 0.503 e. The Kier molecular flexibility index (Phi) is 3.06. The number of nitro groups is 1. The van der Waals surface area contributed by atoms with Crippen LogP contribution in [0.25, 0.3) is 5.69 Å². The molecule has 9 heteroatoms. The zero-order valence-electron chi connectivity index (χ0n) is 9.85. The predicted molar refractivity (Wildman–Crippen MR) is 67.3 cm³/mol. The van der Waals surface area contributed by atoms with E-state index in [1.807, 2.05) is 0 Å². The summed E-state index contributed by atoms with van der Waals surface area (Å²) in [6.45, 7) is 0. The van der Waals surface area contributed by atoms with Gasteiger partial charge in [-0.15, -0.1) is 5.10 Å². The van der Waals surface area contributed by atoms with E-state index in [0.717, 1.165) is 10.7 Å². The number of aromatic nitrogens is 2. The normalized spacial score (nSPS) is 9.95. The molecule has 0 bridgehead atoms. The third kappa shape index (κ3) is 2.01. The number of nitrogens with two attached hydrogens (primary N) is 1. The molecule has 0 spiro atoms. The maximum Gasteiger partial charge on any atom is 0.298 e. The van der Waals surface area contributed by atoms with E-state index in [4.69, 9.17) is 11.0 Å². The number of hydrogen-bond acceptors (Lipinski definition) is 7. The van der Waals surface area contributed by atoms with Gasteiger partial charge in [0, 0.05) is 12.1 Å². The van der Waals surface area contributed by atoms with Crippen LogP contribution < -0.4 is 11.3 Å². The van der Waals surface area contributed by atoms with Gasteiger partial charge in [0.1, 0.15) is 11.8 Å². The molecule has 2 aromatic rings. The van der Waals surface area contributed by atoms with Crippen molar-refractivity contribution in [3.05, 3.63) is 50.4 Å². The van der Waals surface area contributed by atoms with Gasteiger partial charge in [-0.2, -0.15) is 9.94 Å². The lowest BCUT2D eigenvalue weighted by molar-refractivity contribution is -0.384. The maximum absolute atomic E-state index is 11.9. The Bertz CT molecular complexity index is 805. The van der Waals surface area contributed by atoms with E-state index in [-0.39, 0.29) is 11.4 Å². The topological polar surface area (TPSA) is 148 Å². The van der Waals surface area contributed by atoms with Crippen LogP contribution in [0.2, 0.25) is 0 Å². The van der Waals surface area contributed by atoms with Crippen LogP contribution in [0.5, 0.6) is 5.75 Å². The number of nitrogens with zero attached hydrogens (tertiary/aromatic N) is 4. The molecule has 0 amide bonds. The number of hydrogen-bond donors (Lipinski definition) is 2. The SMILES string of the molecule is N#Cc1nn(-c2cccc([N+](=O)[O-])c2)c(=O)c(N)c1O. The van der Waals surface area contributed by atoms with Crippen molar-refractivity contribution < 1.29 is 10.0 Å². The second-order valence-corrected chi connectivity index (χ2v) is 3.72. The van der Waals surface area contributed by atoms with Crippen LogP contribution in [0.1, 0.15) is 5.69 Å². The smallest absolute Gasteiger partial charge is 0.298 e. The Morgan fingerprint density at radius 1 is 1.50 bits per heavy atom. The first-order chi connectivity index (χ1) is 9.45. The molecule has 9 nitrogen and oxygen atoms in total. The highest BCUT2D eigenvalue weighted by atomic mass is 16.6. The molecule has 0 radical (unpaired) electrons. The van der Waals surface area contributed by atoms with Crippen molar-refractivity contribution in [1.82, 2.24) is 9.78 Å².